The van der Waals surface area contributed by atoms with E-state index in [1.165, 1.54) is 31.2 Å². The maximum Gasteiger partial charge on any atom is 0.412 e. The molecule has 0 saturated carbocycles. The second-order valence-electron chi connectivity index (χ2n) is 4.74. The molecule has 1 amide bonds. The first-order valence-electron chi connectivity index (χ1n) is 6.83. The van der Waals surface area contributed by atoms with Crippen LogP contribution in [0.25, 0.3) is 0 Å². The summed E-state index contributed by atoms with van der Waals surface area (Å²) in [6.45, 7) is 2.31. The molecule has 8 nitrogen and oxygen atoms in total. The molecule has 1 saturated heterocycles. The van der Waals surface area contributed by atoms with Gasteiger partial charge in [-0.2, -0.15) is 0 Å². The van der Waals surface area contributed by atoms with Crippen LogP contribution in [-0.2, 0) is 4.74 Å². The van der Waals surface area contributed by atoms with E-state index < -0.39 is 12.4 Å². The topological polar surface area (TPSA) is 98.2 Å². The summed E-state index contributed by atoms with van der Waals surface area (Å²) in [6.07, 6.45) is 0.341. The fourth-order valence-electron chi connectivity index (χ4n) is 1.91. The van der Waals surface area contributed by atoms with E-state index in [0.717, 1.165) is 6.42 Å². The lowest BCUT2D eigenvalue weighted by Gasteiger charge is -2.30. The van der Waals surface area contributed by atoms with E-state index in [9.17, 15) is 14.7 Å². The first kappa shape index (κ1) is 16.0. The molecule has 22 heavy (non-hydrogen) atoms. The number of nitrogens with zero attached hydrogens (tertiary/aromatic N) is 2. The number of aliphatic hydroxyl groups excluding tert-OH is 1. The molecule has 1 aromatic heterocycles. The van der Waals surface area contributed by atoms with Crippen LogP contribution in [0.4, 0.5) is 4.79 Å². The van der Waals surface area contributed by atoms with Crippen molar-refractivity contribution in [3.05, 3.63) is 17.8 Å². The average Bonchev–Trinajstić information content (AvgIpc) is 2.42. The van der Waals surface area contributed by atoms with Gasteiger partial charge in [0, 0.05) is 19.3 Å². The van der Waals surface area contributed by atoms with Gasteiger partial charge in [-0.15, -0.1) is 0 Å². The molecule has 1 aromatic rings. The standard InChI is InChI=1S/C14H18N2O6/c1-9(17)12-10(4-5-15-13(12)20-2)21-8-11(18)22-14(19)16-6-3-7-16/h4-5,11,18H,3,6-8H2,1-2H3. The van der Waals surface area contributed by atoms with Crippen molar-refractivity contribution in [2.75, 3.05) is 26.8 Å². The number of ketones is 1. The summed E-state index contributed by atoms with van der Waals surface area (Å²) < 4.78 is 15.2. The molecule has 1 N–H and O–H groups in total. The summed E-state index contributed by atoms with van der Waals surface area (Å²) in [5.74, 6) is 0.0578. The number of ether oxygens (including phenoxy) is 3. The molecular weight excluding hydrogens is 292 g/mol. The monoisotopic (exact) mass is 310 g/mol. The van der Waals surface area contributed by atoms with Gasteiger partial charge in [0.05, 0.1) is 7.11 Å². The predicted octanol–water partition coefficient (Wildman–Crippen LogP) is 0.832. The zero-order valence-electron chi connectivity index (χ0n) is 12.4. The van der Waals surface area contributed by atoms with E-state index in [4.69, 9.17) is 14.2 Å². The van der Waals surface area contributed by atoms with Crippen LogP contribution in [-0.4, -0.2) is 60.0 Å². The Morgan fingerprint density at radius 2 is 2.18 bits per heavy atom. The largest absolute Gasteiger partial charge is 0.486 e. The van der Waals surface area contributed by atoms with Gasteiger partial charge in [-0.25, -0.2) is 9.78 Å². The first-order valence-corrected chi connectivity index (χ1v) is 6.83. The Labute approximate surface area is 127 Å². The minimum Gasteiger partial charge on any atom is -0.486 e. The van der Waals surface area contributed by atoms with Crippen molar-refractivity contribution in [2.45, 2.75) is 19.6 Å². The third-order valence-electron chi connectivity index (χ3n) is 3.16. The molecule has 120 valence electrons. The smallest absolute Gasteiger partial charge is 0.412 e. The van der Waals surface area contributed by atoms with Gasteiger partial charge in [-0.3, -0.25) is 4.79 Å². The van der Waals surface area contributed by atoms with Crippen LogP contribution in [0.15, 0.2) is 12.3 Å². The Hall–Kier alpha value is -2.35. The maximum absolute atomic E-state index is 11.6. The van der Waals surface area contributed by atoms with Gasteiger partial charge in [-0.1, -0.05) is 0 Å². The van der Waals surface area contributed by atoms with Crippen molar-refractivity contribution in [3.63, 3.8) is 0 Å². The van der Waals surface area contributed by atoms with Crippen molar-refractivity contribution in [1.29, 1.82) is 0 Å². The molecule has 2 rings (SSSR count). The molecule has 1 aliphatic rings. The van der Waals surface area contributed by atoms with E-state index >= 15 is 0 Å². The quantitative estimate of drug-likeness (QED) is 0.614. The van der Waals surface area contributed by atoms with Gasteiger partial charge in [0.2, 0.25) is 12.2 Å². The number of Topliss-reactive ketones (excluding diaryl/α,β-unsaturated/α-hetero) is 1. The summed E-state index contributed by atoms with van der Waals surface area (Å²) in [6, 6.07) is 1.48. The van der Waals surface area contributed by atoms with Crippen LogP contribution in [0.2, 0.25) is 0 Å². The summed E-state index contributed by atoms with van der Waals surface area (Å²) in [5.41, 5.74) is 0.172. The number of pyridine rings is 1. The Morgan fingerprint density at radius 1 is 1.45 bits per heavy atom. The van der Waals surface area contributed by atoms with E-state index in [-0.39, 0.29) is 29.6 Å². The normalized spacial score (nSPS) is 14.8. The predicted molar refractivity (Wildman–Crippen MR) is 75.0 cm³/mol. The number of carbonyl (C=O) groups is 2. The minimum atomic E-state index is -1.42. The number of methoxy groups -OCH3 is 1. The molecule has 1 aliphatic heterocycles. The van der Waals surface area contributed by atoms with Crippen molar-refractivity contribution in [3.8, 4) is 11.6 Å². The van der Waals surface area contributed by atoms with Gasteiger partial charge in [0.15, 0.2) is 12.4 Å². The van der Waals surface area contributed by atoms with E-state index in [1.54, 1.807) is 0 Å². The number of hydrogen-bond acceptors (Lipinski definition) is 7. The summed E-state index contributed by atoms with van der Waals surface area (Å²) in [5, 5.41) is 9.68. The van der Waals surface area contributed by atoms with Crippen LogP contribution in [0, 0.1) is 0 Å². The highest BCUT2D eigenvalue weighted by Crippen LogP contribution is 2.26. The number of carbonyl (C=O) groups excluding carboxylic acids is 2. The number of rotatable bonds is 6. The molecular formula is C14H18N2O6. The molecule has 2 heterocycles. The Morgan fingerprint density at radius 3 is 2.73 bits per heavy atom. The molecule has 0 spiro atoms. The van der Waals surface area contributed by atoms with Gasteiger partial charge >= 0.3 is 6.09 Å². The van der Waals surface area contributed by atoms with Crippen LogP contribution >= 0.6 is 0 Å². The minimum absolute atomic E-state index is 0.136. The number of aliphatic hydroxyl groups is 1. The van der Waals surface area contributed by atoms with Crippen LogP contribution in [0.3, 0.4) is 0 Å². The second kappa shape index (κ2) is 7.08. The summed E-state index contributed by atoms with van der Waals surface area (Å²) in [7, 11) is 1.39. The first-order chi connectivity index (χ1) is 10.5. The highest BCUT2D eigenvalue weighted by molar-refractivity contribution is 5.99. The fraction of sp³-hybridized carbons (Fsp3) is 0.500. The van der Waals surface area contributed by atoms with E-state index in [2.05, 4.69) is 4.98 Å². The lowest BCUT2D eigenvalue weighted by atomic mass is 10.2. The lowest BCUT2D eigenvalue weighted by molar-refractivity contribution is -0.0898. The molecule has 1 atom stereocenters. The molecule has 1 unspecified atom stereocenters. The third-order valence-corrected chi connectivity index (χ3v) is 3.16. The lowest BCUT2D eigenvalue weighted by Crippen LogP contribution is -2.44. The van der Waals surface area contributed by atoms with Crippen LogP contribution < -0.4 is 9.47 Å². The van der Waals surface area contributed by atoms with Crippen molar-refractivity contribution >= 4 is 11.9 Å². The molecule has 0 bridgehead atoms. The molecule has 1 fully saturated rings. The Bertz CT molecular complexity index is 558. The summed E-state index contributed by atoms with van der Waals surface area (Å²) >= 11 is 0. The zero-order valence-corrected chi connectivity index (χ0v) is 12.4. The van der Waals surface area contributed by atoms with E-state index in [0.29, 0.717) is 13.1 Å². The zero-order chi connectivity index (χ0) is 16.1. The fourth-order valence-corrected chi connectivity index (χ4v) is 1.91. The van der Waals surface area contributed by atoms with Gasteiger partial charge in [0.1, 0.15) is 11.3 Å². The second-order valence-corrected chi connectivity index (χ2v) is 4.74. The third kappa shape index (κ3) is 3.64. The number of amides is 1. The Kier molecular flexibility index (Phi) is 5.16. The van der Waals surface area contributed by atoms with Crippen molar-refractivity contribution < 1.29 is 28.9 Å². The number of aromatic nitrogens is 1. The number of likely N-dealkylation sites (tertiary alicyclic amines) is 1. The Balaban J connectivity index is 1.95. The van der Waals surface area contributed by atoms with Gasteiger partial charge in [0.25, 0.3) is 0 Å². The average molecular weight is 310 g/mol. The molecule has 0 aromatic carbocycles. The van der Waals surface area contributed by atoms with Gasteiger partial charge < -0.3 is 24.2 Å². The maximum atomic E-state index is 11.6. The van der Waals surface area contributed by atoms with Crippen LogP contribution in [0.1, 0.15) is 23.7 Å². The SMILES string of the molecule is COc1nccc(OCC(O)OC(=O)N2CCC2)c1C(C)=O. The highest BCUT2D eigenvalue weighted by Gasteiger charge is 2.24. The molecule has 0 radical (unpaired) electrons. The van der Waals surface area contributed by atoms with Crippen LogP contribution in [0.5, 0.6) is 11.6 Å². The summed E-state index contributed by atoms with van der Waals surface area (Å²) in [4.78, 5) is 28.6. The molecule has 8 heteroatoms. The van der Waals surface area contributed by atoms with E-state index in [1.807, 2.05) is 0 Å². The molecule has 0 aliphatic carbocycles. The van der Waals surface area contributed by atoms with Gasteiger partial charge in [-0.05, 0) is 19.4 Å². The van der Waals surface area contributed by atoms with Crippen molar-refractivity contribution in [2.24, 2.45) is 0 Å². The highest BCUT2D eigenvalue weighted by atomic mass is 16.7. The number of hydrogen-bond donors (Lipinski definition) is 1. The van der Waals surface area contributed by atoms with Crippen molar-refractivity contribution in [1.82, 2.24) is 9.88 Å².